The molecule has 1 fully saturated rings. The highest BCUT2D eigenvalue weighted by atomic mass is 32.1. The van der Waals surface area contributed by atoms with Gasteiger partial charge in [-0.25, -0.2) is 4.98 Å². The summed E-state index contributed by atoms with van der Waals surface area (Å²) in [6.07, 6.45) is 1.23. The zero-order valence-electron chi connectivity index (χ0n) is 21.3. The molecular weight excluding hydrogens is 482 g/mol. The number of amides is 1. The summed E-state index contributed by atoms with van der Waals surface area (Å²) in [4.78, 5) is 22.7. The molecule has 0 radical (unpaired) electrons. The smallest absolute Gasteiger partial charge is 0.233 e. The molecule has 0 N–H and O–H groups in total. The van der Waals surface area contributed by atoms with E-state index in [2.05, 4.69) is 41.3 Å². The first-order valence-electron chi connectivity index (χ1n) is 13.0. The molecule has 5 rings (SSSR count). The summed E-state index contributed by atoms with van der Waals surface area (Å²) in [6.45, 7) is 7.63. The number of carbonyl (C=O) groups is 1. The van der Waals surface area contributed by atoms with E-state index in [1.54, 1.807) is 11.3 Å². The van der Waals surface area contributed by atoms with Crippen LogP contribution in [0.4, 0.5) is 5.13 Å². The van der Waals surface area contributed by atoms with Gasteiger partial charge in [0, 0.05) is 26.2 Å². The maximum Gasteiger partial charge on any atom is 0.233 e. The Kier molecular flexibility index (Phi) is 8.46. The topological polar surface area (TPSA) is 54.9 Å². The summed E-state index contributed by atoms with van der Waals surface area (Å²) < 4.78 is 12.2. The number of nitrogens with zero attached hydrogens (tertiary/aromatic N) is 3. The van der Waals surface area contributed by atoms with Gasteiger partial charge in [-0.1, -0.05) is 65.9 Å². The number of fused-ring (bicyclic) bond motifs is 1. The van der Waals surface area contributed by atoms with Crippen LogP contribution in [0.3, 0.4) is 0 Å². The van der Waals surface area contributed by atoms with Crippen LogP contribution in [0.5, 0.6) is 5.75 Å². The highest BCUT2D eigenvalue weighted by Crippen LogP contribution is 2.32. The number of ether oxygens (including phenoxy) is 2. The van der Waals surface area contributed by atoms with E-state index in [9.17, 15) is 4.79 Å². The SMILES string of the molecule is CCOc1ccc2nc(N(CCCN3CCOCC3)C(=O)Cc3ccc(-c4ccccc4)cc3)sc2c1. The molecule has 6 nitrogen and oxygen atoms in total. The third-order valence-electron chi connectivity index (χ3n) is 6.57. The van der Waals surface area contributed by atoms with Crippen LogP contribution in [0.2, 0.25) is 0 Å². The van der Waals surface area contributed by atoms with Crippen molar-refractivity contribution in [1.29, 1.82) is 0 Å². The van der Waals surface area contributed by atoms with Crippen molar-refractivity contribution in [2.24, 2.45) is 0 Å². The van der Waals surface area contributed by atoms with E-state index in [4.69, 9.17) is 14.5 Å². The van der Waals surface area contributed by atoms with Crippen molar-refractivity contribution in [3.8, 4) is 16.9 Å². The van der Waals surface area contributed by atoms with E-state index in [0.29, 0.717) is 19.6 Å². The molecule has 192 valence electrons. The summed E-state index contributed by atoms with van der Waals surface area (Å²) in [5.74, 6) is 0.896. The van der Waals surface area contributed by atoms with Gasteiger partial charge in [0.1, 0.15) is 5.75 Å². The lowest BCUT2D eigenvalue weighted by Crippen LogP contribution is -2.39. The van der Waals surface area contributed by atoms with Gasteiger partial charge in [0.2, 0.25) is 5.91 Å². The van der Waals surface area contributed by atoms with Gasteiger partial charge in [0.25, 0.3) is 0 Å². The van der Waals surface area contributed by atoms with Crippen molar-refractivity contribution in [3.05, 3.63) is 78.4 Å². The quantitative estimate of drug-likeness (QED) is 0.273. The summed E-state index contributed by atoms with van der Waals surface area (Å²) in [5, 5.41) is 0.747. The van der Waals surface area contributed by atoms with Crippen molar-refractivity contribution in [3.63, 3.8) is 0 Å². The van der Waals surface area contributed by atoms with Crippen LogP contribution in [0.15, 0.2) is 72.8 Å². The van der Waals surface area contributed by atoms with E-state index in [1.807, 2.05) is 48.2 Å². The largest absolute Gasteiger partial charge is 0.494 e. The third-order valence-corrected chi connectivity index (χ3v) is 7.61. The fourth-order valence-electron chi connectivity index (χ4n) is 4.58. The molecule has 1 amide bonds. The fourth-order valence-corrected chi connectivity index (χ4v) is 5.62. The average Bonchev–Trinajstić information content (AvgIpc) is 3.36. The Bertz CT molecular complexity index is 1300. The summed E-state index contributed by atoms with van der Waals surface area (Å²) in [5.41, 5.74) is 4.21. The van der Waals surface area contributed by atoms with E-state index in [1.165, 1.54) is 5.56 Å². The highest BCUT2D eigenvalue weighted by Gasteiger charge is 2.21. The van der Waals surface area contributed by atoms with Crippen LogP contribution in [0, 0.1) is 0 Å². The summed E-state index contributed by atoms with van der Waals surface area (Å²) in [6, 6.07) is 24.5. The molecule has 1 aromatic heterocycles. The minimum absolute atomic E-state index is 0.0681. The number of benzene rings is 3. The van der Waals surface area contributed by atoms with Crippen LogP contribution < -0.4 is 9.64 Å². The van der Waals surface area contributed by atoms with Crippen molar-refractivity contribution >= 4 is 32.6 Å². The maximum atomic E-state index is 13.6. The molecule has 37 heavy (non-hydrogen) atoms. The lowest BCUT2D eigenvalue weighted by atomic mass is 10.0. The summed E-state index contributed by atoms with van der Waals surface area (Å²) >= 11 is 1.55. The van der Waals surface area contributed by atoms with Gasteiger partial charge < -0.3 is 9.47 Å². The van der Waals surface area contributed by atoms with Crippen LogP contribution in [-0.2, 0) is 16.0 Å². The van der Waals surface area contributed by atoms with Gasteiger partial charge in [0.15, 0.2) is 5.13 Å². The Morgan fingerprint density at radius 1 is 1.03 bits per heavy atom. The second-order valence-electron chi connectivity index (χ2n) is 9.15. The van der Waals surface area contributed by atoms with Crippen molar-refractivity contribution in [2.45, 2.75) is 19.8 Å². The predicted octanol–water partition coefficient (Wildman–Crippen LogP) is 5.66. The first-order valence-corrected chi connectivity index (χ1v) is 13.8. The van der Waals surface area contributed by atoms with E-state index in [0.717, 1.165) is 71.5 Å². The Balaban J connectivity index is 1.33. The lowest BCUT2D eigenvalue weighted by molar-refractivity contribution is -0.118. The molecule has 0 atom stereocenters. The minimum Gasteiger partial charge on any atom is -0.494 e. The van der Waals surface area contributed by atoms with Gasteiger partial charge in [-0.3, -0.25) is 14.6 Å². The Morgan fingerprint density at radius 3 is 2.54 bits per heavy atom. The molecular formula is C30H33N3O3S. The molecule has 0 aliphatic carbocycles. The Morgan fingerprint density at radius 2 is 1.78 bits per heavy atom. The van der Waals surface area contributed by atoms with Crippen LogP contribution in [0.25, 0.3) is 21.3 Å². The number of hydrogen-bond acceptors (Lipinski definition) is 6. The van der Waals surface area contributed by atoms with Gasteiger partial charge in [-0.05, 0) is 48.2 Å². The fraction of sp³-hybridized carbons (Fsp3) is 0.333. The third kappa shape index (κ3) is 6.55. The minimum atomic E-state index is 0.0681. The zero-order valence-corrected chi connectivity index (χ0v) is 22.1. The zero-order chi connectivity index (χ0) is 25.5. The first kappa shape index (κ1) is 25.4. The predicted molar refractivity (Wildman–Crippen MR) is 151 cm³/mol. The summed E-state index contributed by atoms with van der Waals surface area (Å²) in [7, 11) is 0. The van der Waals surface area contributed by atoms with E-state index >= 15 is 0 Å². The monoisotopic (exact) mass is 515 g/mol. The number of carbonyl (C=O) groups excluding carboxylic acids is 1. The molecule has 0 bridgehead atoms. The normalized spacial score (nSPS) is 14.1. The first-order chi connectivity index (χ1) is 18.2. The highest BCUT2D eigenvalue weighted by molar-refractivity contribution is 7.22. The van der Waals surface area contributed by atoms with E-state index < -0.39 is 0 Å². The van der Waals surface area contributed by atoms with Crippen molar-refractivity contribution < 1.29 is 14.3 Å². The van der Waals surface area contributed by atoms with Crippen LogP contribution in [0.1, 0.15) is 18.9 Å². The van der Waals surface area contributed by atoms with E-state index in [-0.39, 0.29) is 5.91 Å². The van der Waals surface area contributed by atoms with Gasteiger partial charge in [0.05, 0.1) is 36.5 Å². The Labute approximate surface area is 222 Å². The Hall–Kier alpha value is -3.26. The second kappa shape index (κ2) is 12.3. The molecule has 1 saturated heterocycles. The molecule has 1 aliphatic heterocycles. The molecule has 3 aromatic carbocycles. The second-order valence-corrected chi connectivity index (χ2v) is 10.2. The van der Waals surface area contributed by atoms with Gasteiger partial charge >= 0.3 is 0 Å². The van der Waals surface area contributed by atoms with Crippen LogP contribution in [-0.4, -0.2) is 61.8 Å². The number of morpholine rings is 1. The molecule has 1 aliphatic rings. The van der Waals surface area contributed by atoms with Gasteiger partial charge in [-0.15, -0.1) is 0 Å². The molecule has 2 heterocycles. The maximum absolute atomic E-state index is 13.6. The molecule has 4 aromatic rings. The molecule has 0 saturated carbocycles. The standard InChI is InChI=1S/C30H33N3O3S/c1-2-36-26-13-14-27-28(22-26)37-30(31-27)33(16-6-15-32-17-19-35-20-18-32)29(34)21-23-9-11-25(12-10-23)24-7-4-3-5-8-24/h3-5,7-14,22H,2,6,15-21H2,1H3. The number of thiazole rings is 1. The lowest BCUT2D eigenvalue weighted by Gasteiger charge is -2.27. The van der Waals surface area contributed by atoms with Crippen molar-refractivity contribution in [2.75, 3.05) is 50.9 Å². The van der Waals surface area contributed by atoms with Crippen LogP contribution >= 0.6 is 11.3 Å². The molecule has 0 unspecified atom stereocenters. The number of rotatable bonds is 10. The molecule has 7 heteroatoms. The number of hydrogen-bond donors (Lipinski definition) is 0. The number of aromatic nitrogens is 1. The van der Waals surface area contributed by atoms with Crippen molar-refractivity contribution in [1.82, 2.24) is 9.88 Å². The number of anilines is 1. The molecule has 0 spiro atoms. The van der Waals surface area contributed by atoms with Gasteiger partial charge in [-0.2, -0.15) is 0 Å². The average molecular weight is 516 g/mol.